The van der Waals surface area contributed by atoms with E-state index in [2.05, 4.69) is 15.4 Å². The van der Waals surface area contributed by atoms with Gasteiger partial charge in [-0.15, -0.1) is 11.3 Å². The zero-order valence-corrected chi connectivity index (χ0v) is 13.1. The van der Waals surface area contributed by atoms with Crippen LogP contribution < -0.4 is 5.32 Å². The Balaban J connectivity index is 1.87. The van der Waals surface area contributed by atoms with Crippen molar-refractivity contribution in [2.45, 2.75) is 13.0 Å². The van der Waals surface area contributed by atoms with Crippen molar-refractivity contribution in [2.75, 3.05) is 6.54 Å². The molecule has 8 heteroatoms. The van der Waals surface area contributed by atoms with Crippen LogP contribution in [-0.4, -0.2) is 44.5 Å². The van der Waals surface area contributed by atoms with E-state index in [4.69, 9.17) is 0 Å². The lowest BCUT2D eigenvalue weighted by atomic mass is 10.3. The van der Waals surface area contributed by atoms with Crippen LogP contribution in [0.4, 0.5) is 0 Å². The van der Waals surface area contributed by atoms with Crippen molar-refractivity contribution in [3.05, 3.63) is 41.0 Å². The molecule has 0 spiro atoms. The van der Waals surface area contributed by atoms with Crippen molar-refractivity contribution >= 4 is 29.2 Å². The number of nitrogens with zero attached hydrogens (tertiary/aromatic N) is 3. The molecule has 1 amide bonds. The number of fused-ring (bicyclic) bond motifs is 1. The number of carbonyl (C=O) groups is 2. The van der Waals surface area contributed by atoms with Crippen LogP contribution in [0, 0.1) is 0 Å². The molecular weight excluding hydrogens is 316 g/mol. The number of aldehydes is 1. The van der Waals surface area contributed by atoms with Gasteiger partial charge in [0.15, 0.2) is 11.9 Å². The number of aromatic nitrogens is 3. The number of thiophene rings is 1. The summed E-state index contributed by atoms with van der Waals surface area (Å²) in [6, 6.07) is 5.29. The first kappa shape index (κ1) is 15.3. The van der Waals surface area contributed by atoms with E-state index in [0.717, 1.165) is 4.88 Å². The summed E-state index contributed by atoms with van der Waals surface area (Å²) in [7, 11) is 0. The monoisotopic (exact) mass is 330 g/mol. The molecule has 0 fully saturated rings. The third-order valence-electron chi connectivity index (χ3n) is 3.16. The average Bonchev–Trinajstić information content (AvgIpc) is 3.18. The van der Waals surface area contributed by atoms with Crippen LogP contribution in [0.25, 0.3) is 16.2 Å². The quantitative estimate of drug-likeness (QED) is 0.689. The smallest absolute Gasteiger partial charge is 0.261 e. The van der Waals surface area contributed by atoms with Gasteiger partial charge in [0.25, 0.3) is 5.91 Å². The third-order valence-corrected chi connectivity index (χ3v) is 4.27. The van der Waals surface area contributed by atoms with Crippen LogP contribution in [0.5, 0.6) is 0 Å². The Bertz CT molecular complexity index is 869. The molecule has 0 saturated carbocycles. The zero-order valence-electron chi connectivity index (χ0n) is 12.3. The van der Waals surface area contributed by atoms with E-state index in [-0.39, 0.29) is 12.5 Å². The largest absolute Gasteiger partial charge is 0.392 e. The number of rotatable bonds is 5. The normalized spacial score (nSPS) is 12.3. The summed E-state index contributed by atoms with van der Waals surface area (Å²) < 4.78 is 1.52. The van der Waals surface area contributed by atoms with Crippen molar-refractivity contribution in [2.24, 2.45) is 0 Å². The minimum atomic E-state index is -0.592. The maximum absolute atomic E-state index is 12.0. The lowest BCUT2D eigenvalue weighted by molar-refractivity contribution is 0.0928. The molecule has 3 aromatic heterocycles. The maximum Gasteiger partial charge on any atom is 0.261 e. The van der Waals surface area contributed by atoms with Gasteiger partial charge in [-0.05, 0) is 25.1 Å². The van der Waals surface area contributed by atoms with Crippen molar-refractivity contribution in [3.8, 4) is 10.6 Å². The Hall–Kier alpha value is -2.58. The first-order chi connectivity index (χ1) is 11.1. The van der Waals surface area contributed by atoms with Crippen LogP contribution in [-0.2, 0) is 0 Å². The highest BCUT2D eigenvalue weighted by Crippen LogP contribution is 2.27. The molecule has 118 valence electrons. The molecule has 0 aliphatic carbocycles. The summed E-state index contributed by atoms with van der Waals surface area (Å²) in [5.41, 5.74) is 1.56. The van der Waals surface area contributed by atoms with Gasteiger partial charge < -0.3 is 10.4 Å². The van der Waals surface area contributed by atoms with E-state index in [1.165, 1.54) is 22.0 Å². The summed E-state index contributed by atoms with van der Waals surface area (Å²) in [6.45, 7) is 1.81. The van der Waals surface area contributed by atoms with Crippen molar-refractivity contribution in [3.63, 3.8) is 0 Å². The molecule has 2 N–H and O–H groups in total. The molecule has 7 nitrogen and oxygen atoms in total. The van der Waals surface area contributed by atoms with E-state index >= 15 is 0 Å². The molecule has 3 aromatic rings. The molecule has 1 unspecified atom stereocenters. The second-order valence-electron chi connectivity index (χ2n) is 5.02. The fourth-order valence-corrected chi connectivity index (χ4v) is 2.92. The molecule has 0 saturated heterocycles. The molecule has 1 atom stereocenters. The predicted molar refractivity (Wildman–Crippen MR) is 85.7 cm³/mol. The molecule has 3 heterocycles. The SMILES string of the molecule is CC(O)CNC(=O)c1ccc(-c2ccn3ncc(C=O)c3n2)s1. The van der Waals surface area contributed by atoms with Gasteiger partial charge in [-0.3, -0.25) is 9.59 Å². The summed E-state index contributed by atoms with van der Waals surface area (Å²) in [4.78, 5) is 28.7. The first-order valence-electron chi connectivity index (χ1n) is 6.94. The van der Waals surface area contributed by atoms with Gasteiger partial charge in [-0.1, -0.05) is 0 Å². The van der Waals surface area contributed by atoms with Gasteiger partial charge >= 0.3 is 0 Å². The predicted octanol–water partition coefficient (Wildman–Crippen LogP) is 1.38. The lowest BCUT2D eigenvalue weighted by Gasteiger charge is -2.05. The van der Waals surface area contributed by atoms with Crippen LogP contribution in [0.3, 0.4) is 0 Å². The maximum atomic E-state index is 12.0. The minimum absolute atomic E-state index is 0.203. The molecule has 0 aromatic carbocycles. The van der Waals surface area contributed by atoms with E-state index < -0.39 is 6.10 Å². The summed E-state index contributed by atoms with van der Waals surface area (Å²) in [5, 5.41) is 15.9. The van der Waals surface area contributed by atoms with Gasteiger partial charge in [-0.2, -0.15) is 5.10 Å². The van der Waals surface area contributed by atoms with Gasteiger partial charge in [0.05, 0.1) is 33.3 Å². The number of aliphatic hydroxyl groups excluding tert-OH is 1. The standard InChI is InChI=1S/C15H14N4O3S/c1-9(21)6-16-15(22)13-3-2-12(23-13)11-4-5-19-14(18-11)10(8-20)7-17-19/h2-5,7-9,21H,6H2,1H3,(H,16,22). The lowest BCUT2D eigenvalue weighted by Crippen LogP contribution is -2.29. The van der Waals surface area contributed by atoms with Gasteiger partial charge in [0.2, 0.25) is 0 Å². The van der Waals surface area contributed by atoms with Crippen LogP contribution in [0.2, 0.25) is 0 Å². The van der Waals surface area contributed by atoms with Crippen molar-refractivity contribution < 1.29 is 14.7 Å². The Morgan fingerprint density at radius 1 is 1.48 bits per heavy atom. The number of hydrogen-bond acceptors (Lipinski definition) is 6. The van der Waals surface area contributed by atoms with Crippen LogP contribution in [0.1, 0.15) is 27.0 Å². The summed E-state index contributed by atoms with van der Waals surface area (Å²) in [6.07, 6.45) is 3.30. The Morgan fingerprint density at radius 2 is 2.30 bits per heavy atom. The molecule has 0 aliphatic heterocycles. The molecule has 0 bridgehead atoms. The summed E-state index contributed by atoms with van der Waals surface area (Å²) >= 11 is 1.30. The first-order valence-corrected chi connectivity index (χ1v) is 7.76. The van der Waals surface area contributed by atoms with Crippen molar-refractivity contribution in [1.29, 1.82) is 0 Å². The highest BCUT2D eigenvalue weighted by Gasteiger charge is 2.13. The molecule has 23 heavy (non-hydrogen) atoms. The average molecular weight is 330 g/mol. The number of carbonyl (C=O) groups excluding carboxylic acids is 2. The molecule has 3 rings (SSSR count). The highest BCUT2D eigenvalue weighted by molar-refractivity contribution is 7.17. The number of aliphatic hydroxyl groups is 1. The third kappa shape index (κ3) is 3.13. The van der Waals surface area contributed by atoms with E-state index in [1.54, 1.807) is 31.3 Å². The number of amides is 1. The zero-order chi connectivity index (χ0) is 16.4. The molecular formula is C15H14N4O3S. The minimum Gasteiger partial charge on any atom is -0.392 e. The highest BCUT2D eigenvalue weighted by atomic mass is 32.1. The van der Waals surface area contributed by atoms with E-state index in [9.17, 15) is 14.7 Å². The molecule has 0 aliphatic rings. The topological polar surface area (TPSA) is 96.6 Å². The Morgan fingerprint density at radius 3 is 3.04 bits per heavy atom. The van der Waals surface area contributed by atoms with Crippen LogP contribution in [0.15, 0.2) is 30.6 Å². The van der Waals surface area contributed by atoms with E-state index in [1.807, 2.05) is 0 Å². The Kier molecular flexibility index (Phi) is 4.18. The number of hydrogen-bond donors (Lipinski definition) is 2. The van der Waals surface area contributed by atoms with Gasteiger partial charge in [0.1, 0.15) is 0 Å². The number of nitrogens with one attached hydrogen (secondary N) is 1. The van der Waals surface area contributed by atoms with Crippen LogP contribution >= 0.6 is 11.3 Å². The van der Waals surface area contributed by atoms with Gasteiger partial charge in [-0.25, -0.2) is 9.50 Å². The second kappa shape index (κ2) is 6.27. The van der Waals surface area contributed by atoms with Crippen molar-refractivity contribution in [1.82, 2.24) is 19.9 Å². The van der Waals surface area contributed by atoms with E-state index in [0.29, 0.717) is 28.1 Å². The second-order valence-corrected chi connectivity index (χ2v) is 6.11. The fraction of sp³-hybridized carbons (Fsp3) is 0.200. The van der Waals surface area contributed by atoms with Gasteiger partial charge in [0, 0.05) is 12.7 Å². The Labute approximate surface area is 135 Å². The fourth-order valence-electron chi connectivity index (χ4n) is 2.03. The molecule has 0 radical (unpaired) electrons. The summed E-state index contributed by atoms with van der Waals surface area (Å²) in [5.74, 6) is -0.235.